The highest BCUT2D eigenvalue weighted by Crippen LogP contribution is 2.35. The van der Waals surface area contributed by atoms with Crippen molar-refractivity contribution < 1.29 is 22.3 Å². The summed E-state index contributed by atoms with van der Waals surface area (Å²) in [5, 5.41) is 0. The van der Waals surface area contributed by atoms with Crippen LogP contribution in [-0.2, 0) is 10.0 Å². The van der Waals surface area contributed by atoms with Crippen LogP contribution in [-0.4, -0.2) is 28.3 Å². The van der Waals surface area contributed by atoms with Crippen molar-refractivity contribution in [1.82, 2.24) is 0 Å². The molecule has 0 bridgehead atoms. The molecule has 2 aliphatic heterocycles. The zero-order chi connectivity index (χ0) is 17.4. The van der Waals surface area contributed by atoms with E-state index >= 15 is 0 Å². The van der Waals surface area contributed by atoms with Crippen molar-refractivity contribution in [3.8, 4) is 11.5 Å². The van der Waals surface area contributed by atoms with Crippen LogP contribution in [0.1, 0.15) is 12.8 Å². The minimum absolute atomic E-state index is 0.0355. The number of ether oxygens (including phenoxy) is 2. The molecule has 0 unspecified atom stereocenters. The molecule has 1 N–H and O–H groups in total. The highest BCUT2D eigenvalue weighted by atomic mass is 32.2. The molecule has 1 saturated heterocycles. The molecule has 132 valence electrons. The van der Waals surface area contributed by atoms with Crippen LogP contribution in [0.4, 0.5) is 15.8 Å². The third kappa shape index (κ3) is 3.09. The standard InChI is InChI=1S/C17H17FN2O4S/c18-12-3-5-15(20-7-1-2-8-20)14(9-12)19-25(21,22)13-4-6-16-17(10-13)24-11-23-16/h3-6,9-10,19H,1-2,7-8,11H2. The lowest BCUT2D eigenvalue weighted by Gasteiger charge is -2.22. The summed E-state index contributed by atoms with van der Waals surface area (Å²) in [7, 11) is -3.88. The second-order valence-corrected chi connectivity index (χ2v) is 7.66. The molecule has 6 nitrogen and oxygen atoms in total. The van der Waals surface area contributed by atoms with Gasteiger partial charge in [0.2, 0.25) is 6.79 Å². The van der Waals surface area contributed by atoms with Gasteiger partial charge >= 0.3 is 0 Å². The van der Waals surface area contributed by atoms with Crippen LogP contribution in [0, 0.1) is 5.82 Å². The molecular formula is C17H17FN2O4S. The Bertz CT molecular complexity index is 911. The van der Waals surface area contributed by atoms with Crippen LogP contribution in [0.5, 0.6) is 11.5 Å². The van der Waals surface area contributed by atoms with Crippen molar-refractivity contribution in [2.24, 2.45) is 0 Å². The maximum Gasteiger partial charge on any atom is 0.262 e. The van der Waals surface area contributed by atoms with Crippen LogP contribution >= 0.6 is 0 Å². The first kappa shape index (κ1) is 16.0. The lowest BCUT2D eigenvalue weighted by Crippen LogP contribution is -2.21. The van der Waals surface area contributed by atoms with Crippen molar-refractivity contribution in [2.45, 2.75) is 17.7 Å². The average molecular weight is 364 g/mol. The summed E-state index contributed by atoms with van der Waals surface area (Å²) in [4.78, 5) is 2.09. The molecule has 1 fully saturated rings. The van der Waals surface area contributed by atoms with Crippen LogP contribution in [0.25, 0.3) is 0 Å². The Hall–Kier alpha value is -2.48. The molecule has 8 heteroatoms. The number of fused-ring (bicyclic) bond motifs is 1. The Balaban J connectivity index is 1.68. The fourth-order valence-corrected chi connectivity index (χ4v) is 4.15. The van der Waals surface area contributed by atoms with E-state index in [0.29, 0.717) is 17.2 Å². The third-order valence-electron chi connectivity index (χ3n) is 4.30. The summed E-state index contributed by atoms with van der Waals surface area (Å²) in [6, 6.07) is 8.54. The summed E-state index contributed by atoms with van der Waals surface area (Å²) in [6.45, 7) is 1.71. The van der Waals surface area contributed by atoms with Gasteiger partial charge in [0, 0.05) is 25.2 Å². The normalized spacial score (nSPS) is 16.3. The molecule has 0 aromatic heterocycles. The van der Waals surface area contributed by atoms with Gasteiger partial charge in [0.05, 0.1) is 16.3 Å². The zero-order valence-electron chi connectivity index (χ0n) is 13.4. The van der Waals surface area contributed by atoms with Gasteiger partial charge in [-0.1, -0.05) is 0 Å². The van der Waals surface area contributed by atoms with E-state index in [4.69, 9.17) is 9.47 Å². The quantitative estimate of drug-likeness (QED) is 0.903. The molecule has 0 aliphatic carbocycles. The maximum absolute atomic E-state index is 13.7. The summed E-state index contributed by atoms with van der Waals surface area (Å²) in [6.07, 6.45) is 2.07. The van der Waals surface area contributed by atoms with Gasteiger partial charge < -0.3 is 14.4 Å². The largest absolute Gasteiger partial charge is 0.454 e. The molecule has 0 spiro atoms. The van der Waals surface area contributed by atoms with Crippen LogP contribution in [0.2, 0.25) is 0 Å². The third-order valence-corrected chi connectivity index (χ3v) is 5.67. The second kappa shape index (κ2) is 6.11. The summed E-state index contributed by atoms with van der Waals surface area (Å²) < 4.78 is 52.1. The number of anilines is 2. The van der Waals surface area contributed by atoms with Gasteiger partial charge in [0.15, 0.2) is 11.5 Å². The van der Waals surface area contributed by atoms with Gasteiger partial charge in [-0.2, -0.15) is 0 Å². The van der Waals surface area contributed by atoms with Gasteiger partial charge in [0.1, 0.15) is 5.82 Å². The van der Waals surface area contributed by atoms with Crippen molar-refractivity contribution >= 4 is 21.4 Å². The number of nitrogens with one attached hydrogen (secondary N) is 1. The maximum atomic E-state index is 13.7. The molecule has 2 aromatic carbocycles. The van der Waals surface area contributed by atoms with Crippen molar-refractivity contribution in [2.75, 3.05) is 29.5 Å². The number of hydrogen-bond acceptors (Lipinski definition) is 5. The van der Waals surface area contributed by atoms with Crippen molar-refractivity contribution in [3.05, 3.63) is 42.2 Å². The molecule has 4 rings (SSSR count). The number of sulfonamides is 1. The highest BCUT2D eigenvalue weighted by Gasteiger charge is 2.23. The van der Waals surface area contributed by atoms with E-state index in [-0.39, 0.29) is 17.4 Å². The second-order valence-electron chi connectivity index (χ2n) is 5.98. The first-order valence-corrected chi connectivity index (χ1v) is 9.48. The van der Waals surface area contributed by atoms with Gasteiger partial charge in [-0.25, -0.2) is 12.8 Å². The number of hydrogen-bond donors (Lipinski definition) is 1. The molecule has 0 amide bonds. The molecule has 0 atom stereocenters. The Morgan fingerprint density at radius 2 is 1.76 bits per heavy atom. The molecule has 2 heterocycles. The van der Waals surface area contributed by atoms with Crippen molar-refractivity contribution in [3.63, 3.8) is 0 Å². The SMILES string of the molecule is O=S(=O)(Nc1cc(F)ccc1N1CCCC1)c1ccc2c(c1)OCO2. The average Bonchev–Trinajstić information content (AvgIpc) is 3.25. The van der Waals surface area contributed by atoms with Gasteiger partial charge in [0.25, 0.3) is 10.0 Å². The summed E-state index contributed by atoms with van der Waals surface area (Å²) >= 11 is 0. The number of benzene rings is 2. The van der Waals surface area contributed by atoms with E-state index < -0.39 is 15.8 Å². The molecule has 2 aliphatic rings. The lowest BCUT2D eigenvalue weighted by atomic mass is 10.2. The van der Waals surface area contributed by atoms with E-state index in [2.05, 4.69) is 9.62 Å². The van der Waals surface area contributed by atoms with E-state index in [1.54, 1.807) is 12.1 Å². The Morgan fingerprint density at radius 1 is 1.00 bits per heavy atom. The van der Waals surface area contributed by atoms with Gasteiger partial charge in [-0.3, -0.25) is 4.72 Å². The monoisotopic (exact) mass is 364 g/mol. The lowest BCUT2D eigenvalue weighted by molar-refractivity contribution is 0.174. The fourth-order valence-electron chi connectivity index (χ4n) is 3.07. The fraction of sp³-hybridized carbons (Fsp3) is 0.294. The number of halogens is 1. The van der Waals surface area contributed by atoms with Gasteiger partial charge in [-0.05, 0) is 37.1 Å². The molecule has 25 heavy (non-hydrogen) atoms. The number of nitrogens with zero attached hydrogens (tertiary/aromatic N) is 1. The summed E-state index contributed by atoms with van der Waals surface area (Å²) in [5.41, 5.74) is 0.919. The Labute approximate surface area is 145 Å². The zero-order valence-corrected chi connectivity index (χ0v) is 14.2. The smallest absolute Gasteiger partial charge is 0.262 e. The molecule has 0 radical (unpaired) electrons. The van der Waals surface area contributed by atoms with E-state index in [9.17, 15) is 12.8 Å². The first-order valence-electron chi connectivity index (χ1n) is 8.00. The van der Waals surface area contributed by atoms with Crippen LogP contribution in [0.3, 0.4) is 0 Å². The van der Waals surface area contributed by atoms with Crippen molar-refractivity contribution in [1.29, 1.82) is 0 Å². The predicted molar refractivity (Wildman–Crippen MR) is 91.2 cm³/mol. The minimum Gasteiger partial charge on any atom is -0.454 e. The Morgan fingerprint density at radius 3 is 2.56 bits per heavy atom. The molecule has 0 saturated carbocycles. The first-order chi connectivity index (χ1) is 12.0. The minimum atomic E-state index is -3.88. The Kier molecular flexibility index (Phi) is 3.91. The van der Waals surface area contributed by atoms with E-state index in [1.807, 2.05) is 0 Å². The topological polar surface area (TPSA) is 67.9 Å². The van der Waals surface area contributed by atoms with Gasteiger partial charge in [-0.15, -0.1) is 0 Å². The van der Waals surface area contributed by atoms with Crippen LogP contribution in [0.15, 0.2) is 41.3 Å². The summed E-state index contributed by atoms with van der Waals surface area (Å²) in [5.74, 6) is 0.385. The molecular weight excluding hydrogens is 347 g/mol. The van der Waals surface area contributed by atoms with E-state index in [0.717, 1.165) is 25.9 Å². The number of rotatable bonds is 4. The van der Waals surface area contributed by atoms with Crippen LogP contribution < -0.4 is 19.1 Å². The predicted octanol–water partition coefficient (Wildman–Crippen LogP) is 2.96. The van der Waals surface area contributed by atoms with E-state index in [1.165, 1.54) is 24.3 Å². The highest BCUT2D eigenvalue weighted by molar-refractivity contribution is 7.92. The molecule has 2 aromatic rings.